The maximum Gasteiger partial charge on any atom is 0.188 e. The summed E-state index contributed by atoms with van der Waals surface area (Å²) in [5, 5.41) is 3.08. The highest BCUT2D eigenvalue weighted by Gasteiger charge is 1.94. The highest BCUT2D eigenvalue weighted by molar-refractivity contribution is 7.98. The van der Waals surface area contributed by atoms with Crippen LogP contribution in [-0.4, -0.2) is 30.6 Å². The smallest absolute Gasteiger partial charge is 0.188 e. The van der Waals surface area contributed by atoms with E-state index < -0.39 is 0 Å². The van der Waals surface area contributed by atoms with Crippen LogP contribution in [0.15, 0.2) is 4.99 Å². The molecule has 0 bridgehead atoms. The summed E-state index contributed by atoms with van der Waals surface area (Å²) in [4.78, 5) is 4.26. The molecule has 0 aromatic carbocycles. The summed E-state index contributed by atoms with van der Waals surface area (Å²) >= 11 is 1.92. The van der Waals surface area contributed by atoms with Crippen molar-refractivity contribution in [2.24, 2.45) is 10.7 Å². The second-order valence-corrected chi connectivity index (χ2v) is 4.96. The lowest BCUT2D eigenvalue weighted by Crippen LogP contribution is -2.36. The Bertz CT molecular complexity index is 169. The molecule has 0 unspecified atom stereocenters. The Morgan fingerprint density at radius 2 is 1.93 bits per heavy atom. The molecule has 0 aromatic heterocycles. The van der Waals surface area contributed by atoms with Gasteiger partial charge in [-0.3, -0.25) is 4.99 Å². The van der Waals surface area contributed by atoms with Gasteiger partial charge in [-0.25, -0.2) is 0 Å². The maximum absolute atomic E-state index is 5.67. The van der Waals surface area contributed by atoms with Crippen LogP contribution < -0.4 is 11.1 Å². The van der Waals surface area contributed by atoms with Crippen molar-refractivity contribution < 1.29 is 0 Å². The van der Waals surface area contributed by atoms with Crippen molar-refractivity contribution in [2.75, 3.05) is 18.6 Å². The lowest BCUT2D eigenvalue weighted by atomic mass is 10.2. The average Bonchev–Trinajstić information content (AvgIpc) is 2.15. The van der Waals surface area contributed by atoms with Crippen molar-refractivity contribution in [3.63, 3.8) is 0 Å². The first kappa shape index (κ1) is 14.6. The number of aliphatic imine (C=N–C) groups is 1. The highest BCUT2D eigenvalue weighted by atomic mass is 32.2. The molecule has 15 heavy (non-hydrogen) atoms. The molecule has 3 N–H and O–H groups in total. The summed E-state index contributed by atoms with van der Waals surface area (Å²) in [5.41, 5.74) is 5.67. The third kappa shape index (κ3) is 11.5. The zero-order valence-corrected chi connectivity index (χ0v) is 11.1. The molecular weight excluding hydrogens is 206 g/mol. The van der Waals surface area contributed by atoms with Crippen molar-refractivity contribution in [3.05, 3.63) is 0 Å². The first-order valence-electron chi connectivity index (χ1n) is 5.72. The van der Waals surface area contributed by atoms with Gasteiger partial charge in [0.2, 0.25) is 0 Å². The minimum atomic E-state index is 0.371. The molecule has 0 spiro atoms. The maximum atomic E-state index is 5.67. The van der Waals surface area contributed by atoms with E-state index in [0.29, 0.717) is 12.0 Å². The van der Waals surface area contributed by atoms with E-state index in [9.17, 15) is 0 Å². The summed E-state index contributed by atoms with van der Waals surface area (Å²) in [7, 11) is 0. The van der Waals surface area contributed by atoms with Gasteiger partial charge >= 0.3 is 0 Å². The van der Waals surface area contributed by atoms with Crippen LogP contribution in [0, 0.1) is 0 Å². The lowest BCUT2D eigenvalue weighted by Gasteiger charge is -2.08. The summed E-state index contributed by atoms with van der Waals surface area (Å²) in [6.07, 6.45) is 7.20. The van der Waals surface area contributed by atoms with Crippen LogP contribution in [0.25, 0.3) is 0 Å². The third-order valence-electron chi connectivity index (χ3n) is 1.98. The van der Waals surface area contributed by atoms with Gasteiger partial charge in [0.05, 0.1) is 0 Å². The molecule has 0 fully saturated rings. The Morgan fingerprint density at radius 1 is 1.27 bits per heavy atom. The van der Waals surface area contributed by atoms with Crippen LogP contribution in [0.5, 0.6) is 0 Å². The molecule has 0 aliphatic carbocycles. The van der Waals surface area contributed by atoms with Crippen molar-refractivity contribution in [3.8, 4) is 0 Å². The zero-order chi connectivity index (χ0) is 11.5. The Morgan fingerprint density at radius 3 is 2.53 bits per heavy atom. The quantitative estimate of drug-likeness (QED) is 0.382. The monoisotopic (exact) mass is 231 g/mol. The molecule has 4 heteroatoms. The van der Waals surface area contributed by atoms with Crippen LogP contribution in [0.2, 0.25) is 0 Å². The number of hydrogen-bond donors (Lipinski definition) is 2. The zero-order valence-electron chi connectivity index (χ0n) is 10.3. The van der Waals surface area contributed by atoms with Crippen molar-refractivity contribution in [1.82, 2.24) is 5.32 Å². The molecule has 0 saturated carbocycles. The molecule has 0 aliphatic rings. The standard InChI is InChI=1S/C11H25N3S/c1-10(2)14-11(12)13-8-6-4-5-7-9-15-3/h10H,4-9H2,1-3H3,(H3,12,13,14). The predicted molar refractivity (Wildman–Crippen MR) is 71.6 cm³/mol. The summed E-state index contributed by atoms with van der Waals surface area (Å²) in [6.45, 7) is 4.97. The SMILES string of the molecule is CSCCCCCCN=C(N)NC(C)C. The summed E-state index contributed by atoms with van der Waals surface area (Å²) in [6, 6.07) is 0.371. The molecule has 0 aromatic rings. The first-order valence-corrected chi connectivity index (χ1v) is 7.11. The fourth-order valence-electron chi connectivity index (χ4n) is 1.25. The van der Waals surface area contributed by atoms with Gasteiger partial charge in [-0.15, -0.1) is 0 Å². The number of guanidine groups is 1. The highest BCUT2D eigenvalue weighted by Crippen LogP contribution is 2.04. The molecule has 0 radical (unpaired) electrons. The summed E-state index contributed by atoms with van der Waals surface area (Å²) in [5.74, 6) is 1.86. The van der Waals surface area contributed by atoms with Gasteiger partial charge in [-0.05, 0) is 38.7 Å². The molecule has 0 atom stereocenters. The third-order valence-corrected chi connectivity index (χ3v) is 2.67. The predicted octanol–water partition coefficient (Wildman–Crippen LogP) is 2.22. The van der Waals surface area contributed by atoms with Gasteiger partial charge in [0.1, 0.15) is 0 Å². The fourth-order valence-corrected chi connectivity index (χ4v) is 1.75. The van der Waals surface area contributed by atoms with E-state index in [1.807, 2.05) is 11.8 Å². The number of unbranched alkanes of at least 4 members (excludes halogenated alkanes) is 3. The largest absolute Gasteiger partial charge is 0.370 e. The second-order valence-electron chi connectivity index (χ2n) is 3.97. The Balaban J connectivity index is 3.28. The number of rotatable bonds is 8. The van der Waals surface area contributed by atoms with E-state index in [0.717, 1.165) is 13.0 Å². The Kier molecular flexibility index (Phi) is 9.89. The van der Waals surface area contributed by atoms with Gasteiger partial charge in [0.25, 0.3) is 0 Å². The molecule has 0 heterocycles. The van der Waals surface area contributed by atoms with Crippen LogP contribution >= 0.6 is 11.8 Å². The number of thioether (sulfide) groups is 1. The molecule has 0 saturated heterocycles. The van der Waals surface area contributed by atoms with Gasteiger partial charge in [-0.1, -0.05) is 12.8 Å². The topological polar surface area (TPSA) is 50.4 Å². The van der Waals surface area contributed by atoms with Crippen molar-refractivity contribution in [2.45, 2.75) is 45.6 Å². The van der Waals surface area contributed by atoms with Gasteiger partial charge < -0.3 is 11.1 Å². The van der Waals surface area contributed by atoms with E-state index in [1.54, 1.807) is 0 Å². The molecule has 0 rings (SSSR count). The Hall–Kier alpha value is -0.380. The fraction of sp³-hybridized carbons (Fsp3) is 0.909. The minimum absolute atomic E-state index is 0.371. The molecule has 0 aliphatic heterocycles. The molecule has 0 amide bonds. The normalized spacial score (nSPS) is 12.1. The molecule has 90 valence electrons. The van der Waals surface area contributed by atoms with E-state index in [2.05, 4.69) is 30.4 Å². The van der Waals surface area contributed by atoms with Crippen LogP contribution in [0.3, 0.4) is 0 Å². The van der Waals surface area contributed by atoms with Crippen LogP contribution in [0.1, 0.15) is 39.5 Å². The van der Waals surface area contributed by atoms with Crippen LogP contribution in [0.4, 0.5) is 0 Å². The number of nitrogens with two attached hydrogens (primary N) is 1. The van der Waals surface area contributed by atoms with Crippen molar-refractivity contribution in [1.29, 1.82) is 0 Å². The van der Waals surface area contributed by atoms with Crippen LogP contribution in [-0.2, 0) is 0 Å². The minimum Gasteiger partial charge on any atom is -0.370 e. The number of nitrogens with one attached hydrogen (secondary N) is 1. The van der Waals surface area contributed by atoms with Gasteiger partial charge in [-0.2, -0.15) is 11.8 Å². The van der Waals surface area contributed by atoms with Gasteiger partial charge in [0.15, 0.2) is 5.96 Å². The van der Waals surface area contributed by atoms with E-state index >= 15 is 0 Å². The van der Waals surface area contributed by atoms with Crippen molar-refractivity contribution >= 4 is 17.7 Å². The number of nitrogens with zero attached hydrogens (tertiary/aromatic N) is 1. The van der Waals surface area contributed by atoms with E-state index in [4.69, 9.17) is 5.73 Å². The lowest BCUT2D eigenvalue weighted by molar-refractivity contribution is 0.672. The van der Waals surface area contributed by atoms with E-state index in [-0.39, 0.29) is 0 Å². The van der Waals surface area contributed by atoms with Gasteiger partial charge in [0, 0.05) is 12.6 Å². The summed E-state index contributed by atoms with van der Waals surface area (Å²) < 4.78 is 0. The van der Waals surface area contributed by atoms with E-state index in [1.165, 1.54) is 25.0 Å². The second kappa shape index (κ2) is 10.1. The molecule has 3 nitrogen and oxygen atoms in total. The average molecular weight is 231 g/mol. The Labute approximate surface area is 98.3 Å². The molecular formula is C11H25N3S. The first-order chi connectivity index (χ1) is 7.16. The number of hydrogen-bond acceptors (Lipinski definition) is 2.